The lowest BCUT2D eigenvalue weighted by Gasteiger charge is -2.08. The molecule has 1 aromatic carbocycles. The summed E-state index contributed by atoms with van der Waals surface area (Å²) in [5.74, 6) is 0. The predicted octanol–water partition coefficient (Wildman–Crippen LogP) is 2.56. The van der Waals surface area contributed by atoms with Crippen LogP contribution in [-0.2, 0) is 0 Å². The fourth-order valence-electron chi connectivity index (χ4n) is 1.85. The van der Waals surface area contributed by atoms with Gasteiger partial charge in [0.05, 0.1) is 11.4 Å². The number of nitrogens with two attached hydrogens (primary N) is 1. The maximum Gasteiger partial charge on any atom is 0.102 e. The second-order valence-corrected chi connectivity index (χ2v) is 4.63. The van der Waals surface area contributed by atoms with E-state index in [2.05, 4.69) is 10.3 Å². The predicted molar refractivity (Wildman–Crippen MR) is 68.4 cm³/mol. The summed E-state index contributed by atoms with van der Waals surface area (Å²) < 4.78 is 1.80. The molecular formula is C12H15ClN4. The molecule has 2 aromatic rings. The molecule has 0 saturated heterocycles. The van der Waals surface area contributed by atoms with Crippen LogP contribution in [-0.4, -0.2) is 15.0 Å². The lowest BCUT2D eigenvalue weighted by atomic mass is 10.2. The highest BCUT2D eigenvalue weighted by Gasteiger charge is 2.14. The highest BCUT2D eigenvalue weighted by Crippen LogP contribution is 2.21. The van der Waals surface area contributed by atoms with Crippen LogP contribution in [0.2, 0.25) is 5.02 Å². The quantitative estimate of drug-likeness (QED) is 0.891. The largest absolute Gasteiger partial charge is 0.323 e. The molecule has 0 radical (unpaired) electrons. The summed E-state index contributed by atoms with van der Waals surface area (Å²) in [4.78, 5) is 0. The zero-order chi connectivity index (χ0) is 12.6. The van der Waals surface area contributed by atoms with E-state index in [1.54, 1.807) is 4.68 Å². The second kappa shape index (κ2) is 4.47. The number of hydrogen-bond acceptors (Lipinski definition) is 3. The summed E-state index contributed by atoms with van der Waals surface area (Å²) in [7, 11) is 0. The van der Waals surface area contributed by atoms with Crippen LogP contribution in [0.25, 0.3) is 5.69 Å². The molecule has 1 unspecified atom stereocenters. The molecule has 0 aliphatic carbocycles. The van der Waals surface area contributed by atoms with Gasteiger partial charge in [0, 0.05) is 11.1 Å². The van der Waals surface area contributed by atoms with Crippen molar-refractivity contribution in [3.63, 3.8) is 0 Å². The van der Waals surface area contributed by atoms with E-state index in [0.717, 1.165) is 27.7 Å². The van der Waals surface area contributed by atoms with Crippen LogP contribution in [0.5, 0.6) is 0 Å². The first-order valence-corrected chi connectivity index (χ1v) is 5.83. The number of hydrogen-bond donors (Lipinski definition) is 1. The van der Waals surface area contributed by atoms with Gasteiger partial charge in [0.1, 0.15) is 5.69 Å². The van der Waals surface area contributed by atoms with Gasteiger partial charge in [-0.2, -0.15) is 0 Å². The Hall–Kier alpha value is -1.39. The smallest absolute Gasteiger partial charge is 0.102 e. The van der Waals surface area contributed by atoms with Crippen LogP contribution in [0.15, 0.2) is 18.2 Å². The topological polar surface area (TPSA) is 56.7 Å². The van der Waals surface area contributed by atoms with Crippen molar-refractivity contribution in [1.82, 2.24) is 15.0 Å². The highest BCUT2D eigenvalue weighted by molar-refractivity contribution is 6.30. The molecule has 0 aliphatic rings. The Morgan fingerprint density at radius 2 is 2.06 bits per heavy atom. The van der Waals surface area contributed by atoms with E-state index in [0.29, 0.717) is 0 Å². The second-order valence-electron chi connectivity index (χ2n) is 4.19. The van der Waals surface area contributed by atoms with E-state index in [4.69, 9.17) is 17.3 Å². The molecular weight excluding hydrogens is 236 g/mol. The van der Waals surface area contributed by atoms with Gasteiger partial charge < -0.3 is 5.73 Å². The van der Waals surface area contributed by atoms with E-state index in [1.165, 1.54) is 0 Å². The number of rotatable bonds is 2. The minimum absolute atomic E-state index is 0.114. The molecule has 1 aromatic heterocycles. The molecule has 2 rings (SSSR count). The van der Waals surface area contributed by atoms with Crippen LogP contribution < -0.4 is 5.73 Å². The number of aryl methyl sites for hydroxylation is 1. The molecule has 0 bridgehead atoms. The van der Waals surface area contributed by atoms with Crippen molar-refractivity contribution in [1.29, 1.82) is 0 Å². The summed E-state index contributed by atoms with van der Waals surface area (Å²) in [6.45, 7) is 5.86. The third-order valence-electron chi connectivity index (χ3n) is 2.75. The number of benzene rings is 1. The third-order valence-corrected chi connectivity index (χ3v) is 2.98. The summed E-state index contributed by atoms with van der Waals surface area (Å²) in [6.07, 6.45) is 0. The van der Waals surface area contributed by atoms with Gasteiger partial charge in [0.2, 0.25) is 0 Å². The van der Waals surface area contributed by atoms with Crippen LogP contribution >= 0.6 is 11.6 Å². The van der Waals surface area contributed by atoms with Gasteiger partial charge in [0.15, 0.2) is 0 Å². The molecule has 0 aliphatic heterocycles. The molecule has 2 N–H and O–H groups in total. The van der Waals surface area contributed by atoms with Crippen molar-refractivity contribution in [2.75, 3.05) is 0 Å². The SMILES string of the molecule is Cc1cc(Cl)ccc1-n1nnc(C(C)N)c1C. The molecule has 4 nitrogen and oxygen atoms in total. The first-order chi connectivity index (χ1) is 8.00. The van der Waals surface area contributed by atoms with Gasteiger partial charge >= 0.3 is 0 Å². The van der Waals surface area contributed by atoms with E-state index in [-0.39, 0.29) is 6.04 Å². The number of halogens is 1. The van der Waals surface area contributed by atoms with E-state index < -0.39 is 0 Å². The van der Waals surface area contributed by atoms with Crippen molar-refractivity contribution >= 4 is 11.6 Å². The van der Waals surface area contributed by atoms with Crippen LogP contribution in [0.3, 0.4) is 0 Å². The molecule has 90 valence electrons. The Balaban J connectivity index is 2.54. The summed E-state index contributed by atoms with van der Waals surface area (Å²) in [5, 5.41) is 8.97. The zero-order valence-corrected chi connectivity index (χ0v) is 10.9. The van der Waals surface area contributed by atoms with Gasteiger partial charge in [-0.25, -0.2) is 4.68 Å². The maximum atomic E-state index is 5.93. The molecule has 1 atom stereocenters. The average Bonchev–Trinajstić information content (AvgIpc) is 2.60. The molecule has 5 heteroatoms. The van der Waals surface area contributed by atoms with Crippen LogP contribution in [0.4, 0.5) is 0 Å². The zero-order valence-electron chi connectivity index (χ0n) is 10.1. The lowest BCUT2D eigenvalue weighted by Crippen LogP contribution is -2.08. The van der Waals surface area contributed by atoms with Crippen LogP contribution in [0, 0.1) is 13.8 Å². The van der Waals surface area contributed by atoms with Gasteiger partial charge in [-0.15, -0.1) is 5.10 Å². The van der Waals surface area contributed by atoms with Gasteiger partial charge in [0.25, 0.3) is 0 Å². The average molecular weight is 251 g/mol. The van der Waals surface area contributed by atoms with Crippen molar-refractivity contribution in [3.8, 4) is 5.69 Å². The van der Waals surface area contributed by atoms with E-state index >= 15 is 0 Å². The Morgan fingerprint density at radius 1 is 1.35 bits per heavy atom. The Labute approximate surface area is 105 Å². The monoisotopic (exact) mass is 250 g/mol. The van der Waals surface area contributed by atoms with Crippen molar-refractivity contribution < 1.29 is 0 Å². The van der Waals surface area contributed by atoms with Gasteiger partial charge in [-0.1, -0.05) is 16.8 Å². The number of nitrogens with zero attached hydrogens (tertiary/aromatic N) is 3. The highest BCUT2D eigenvalue weighted by atomic mass is 35.5. The maximum absolute atomic E-state index is 5.93. The first kappa shape index (κ1) is 12.1. The Morgan fingerprint density at radius 3 is 2.59 bits per heavy atom. The molecule has 0 saturated carbocycles. The molecule has 1 heterocycles. The Bertz CT molecular complexity index is 545. The number of aromatic nitrogens is 3. The Kier molecular flexibility index (Phi) is 3.17. The van der Waals surface area contributed by atoms with Crippen LogP contribution in [0.1, 0.15) is 29.9 Å². The normalized spacial score (nSPS) is 12.8. The van der Waals surface area contributed by atoms with Gasteiger partial charge in [-0.3, -0.25) is 0 Å². The molecule has 0 fully saturated rings. The molecule has 0 spiro atoms. The molecule has 17 heavy (non-hydrogen) atoms. The lowest BCUT2D eigenvalue weighted by molar-refractivity contribution is 0.755. The van der Waals surface area contributed by atoms with Crippen molar-refractivity contribution in [3.05, 3.63) is 40.2 Å². The van der Waals surface area contributed by atoms with Crippen molar-refractivity contribution in [2.24, 2.45) is 5.73 Å². The summed E-state index contributed by atoms with van der Waals surface area (Å²) in [6, 6.07) is 5.57. The van der Waals surface area contributed by atoms with E-state index in [1.807, 2.05) is 39.0 Å². The van der Waals surface area contributed by atoms with E-state index in [9.17, 15) is 0 Å². The minimum atomic E-state index is -0.114. The fourth-order valence-corrected chi connectivity index (χ4v) is 2.07. The standard InChI is InChI=1S/C12H15ClN4/c1-7-6-10(13)4-5-11(7)17-9(3)12(8(2)14)15-16-17/h4-6,8H,14H2,1-3H3. The molecule has 0 amide bonds. The summed E-state index contributed by atoms with van der Waals surface area (Å²) >= 11 is 5.93. The van der Waals surface area contributed by atoms with Crippen molar-refractivity contribution in [2.45, 2.75) is 26.8 Å². The minimum Gasteiger partial charge on any atom is -0.323 e. The first-order valence-electron chi connectivity index (χ1n) is 5.45. The summed E-state index contributed by atoms with van der Waals surface area (Å²) in [5.41, 5.74) is 9.65. The third kappa shape index (κ3) is 2.18. The fraction of sp³-hybridized carbons (Fsp3) is 0.333. The van der Waals surface area contributed by atoms with Gasteiger partial charge in [-0.05, 0) is 44.5 Å².